The van der Waals surface area contributed by atoms with Crippen molar-refractivity contribution in [3.05, 3.63) is 0 Å². The molecule has 0 aromatic heterocycles. The van der Waals surface area contributed by atoms with E-state index in [9.17, 15) is 14.4 Å². The molecule has 0 amide bonds. The second-order valence-corrected chi connectivity index (χ2v) is 2.10. The van der Waals surface area contributed by atoms with Crippen LogP contribution in [0.3, 0.4) is 0 Å². The first-order valence-corrected chi connectivity index (χ1v) is 3.01. The molecular weight excluding hydrogens is 152 g/mol. The second kappa shape index (κ2) is 2.69. The van der Waals surface area contributed by atoms with Gasteiger partial charge >= 0.3 is 17.9 Å². The van der Waals surface area contributed by atoms with Gasteiger partial charge in [-0.2, -0.15) is 0 Å². The minimum Gasteiger partial charge on any atom is -0.450 e. The molecule has 5 heteroatoms. The maximum Gasteiger partial charge on any atom is 0.355 e. The summed E-state index contributed by atoms with van der Waals surface area (Å²) in [6, 6.07) is 0. The van der Waals surface area contributed by atoms with E-state index in [1.165, 1.54) is 0 Å². The van der Waals surface area contributed by atoms with Crippen LogP contribution < -0.4 is 0 Å². The zero-order valence-corrected chi connectivity index (χ0v) is 5.83. The Hall–Kier alpha value is -1.39. The highest BCUT2D eigenvalue weighted by Gasteiger charge is 2.35. The lowest BCUT2D eigenvalue weighted by Gasteiger charge is -2.02. The SMILES string of the molecule is CC(=O)O[C@@H]1CC(=O)OC1=O. The summed E-state index contributed by atoms with van der Waals surface area (Å²) < 4.78 is 8.58. The van der Waals surface area contributed by atoms with Crippen molar-refractivity contribution < 1.29 is 23.9 Å². The first-order valence-electron chi connectivity index (χ1n) is 3.01. The van der Waals surface area contributed by atoms with Gasteiger partial charge in [-0.05, 0) is 0 Å². The largest absolute Gasteiger partial charge is 0.450 e. The standard InChI is InChI=1S/C6H6O5/c1-3(7)10-4-2-5(8)11-6(4)9/h4H,2H2,1H3/t4-/m1/s1. The van der Waals surface area contributed by atoms with Crippen LogP contribution in [0.25, 0.3) is 0 Å². The molecule has 0 saturated carbocycles. The van der Waals surface area contributed by atoms with Gasteiger partial charge in [0, 0.05) is 6.92 Å². The van der Waals surface area contributed by atoms with Crippen molar-refractivity contribution in [1.82, 2.24) is 0 Å². The monoisotopic (exact) mass is 158 g/mol. The van der Waals surface area contributed by atoms with E-state index in [1.54, 1.807) is 0 Å². The van der Waals surface area contributed by atoms with Gasteiger partial charge in [-0.25, -0.2) is 4.79 Å². The molecule has 1 rings (SSSR count). The van der Waals surface area contributed by atoms with Crippen molar-refractivity contribution in [2.24, 2.45) is 0 Å². The predicted molar refractivity (Wildman–Crippen MR) is 31.3 cm³/mol. The number of rotatable bonds is 1. The molecule has 0 bridgehead atoms. The summed E-state index contributed by atoms with van der Waals surface area (Å²) in [5.41, 5.74) is 0. The molecule has 0 aromatic rings. The third kappa shape index (κ3) is 1.76. The summed E-state index contributed by atoms with van der Waals surface area (Å²) in [6.07, 6.45) is -1.20. The summed E-state index contributed by atoms with van der Waals surface area (Å²) in [7, 11) is 0. The van der Waals surface area contributed by atoms with Gasteiger partial charge in [-0.15, -0.1) is 0 Å². The van der Waals surface area contributed by atoms with E-state index in [0.717, 1.165) is 6.92 Å². The van der Waals surface area contributed by atoms with Crippen molar-refractivity contribution >= 4 is 17.9 Å². The summed E-state index contributed by atoms with van der Waals surface area (Å²) >= 11 is 0. The second-order valence-electron chi connectivity index (χ2n) is 2.10. The van der Waals surface area contributed by atoms with Crippen LogP contribution >= 0.6 is 0 Å². The first-order chi connectivity index (χ1) is 5.09. The highest BCUT2D eigenvalue weighted by molar-refractivity contribution is 5.97. The zero-order chi connectivity index (χ0) is 8.43. The highest BCUT2D eigenvalue weighted by Crippen LogP contribution is 2.11. The van der Waals surface area contributed by atoms with Gasteiger partial charge in [0.05, 0.1) is 6.42 Å². The van der Waals surface area contributed by atoms with E-state index in [1.807, 2.05) is 0 Å². The van der Waals surface area contributed by atoms with Gasteiger partial charge in [0.1, 0.15) is 0 Å². The number of ether oxygens (including phenoxy) is 2. The maximum absolute atomic E-state index is 10.6. The molecule has 0 aromatic carbocycles. The Bertz CT molecular complexity index is 219. The zero-order valence-electron chi connectivity index (χ0n) is 5.83. The van der Waals surface area contributed by atoms with Crippen molar-refractivity contribution in [2.45, 2.75) is 19.4 Å². The first kappa shape index (κ1) is 7.71. The van der Waals surface area contributed by atoms with E-state index in [-0.39, 0.29) is 6.42 Å². The molecule has 0 spiro atoms. The van der Waals surface area contributed by atoms with E-state index >= 15 is 0 Å². The molecule has 11 heavy (non-hydrogen) atoms. The van der Waals surface area contributed by atoms with Gasteiger partial charge in [0.2, 0.25) is 6.10 Å². The van der Waals surface area contributed by atoms with Gasteiger partial charge < -0.3 is 9.47 Å². The fourth-order valence-corrected chi connectivity index (χ4v) is 0.744. The van der Waals surface area contributed by atoms with E-state index < -0.39 is 24.0 Å². The van der Waals surface area contributed by atoms with Crippen LogP contribution in [0.1, 0.15) is 13.3 Å². The number of hydrogen-bond acceptors (Lipinski definition) is 5. The smallest absolute Gasteiger partial charge is 0.355 e. The molecule has 1 heterocycles. The average Bonchev–Trinajstić information content (AvgIpc) is 2.09. The summed E-state index contributed by atoms with van der Waals surface area (Å²) in [4.78, 5) is 31.3. The van der Waals surface area contributed by atoms with Crippen molar-refractivity contribution in [1.29, 1.82) is 0 Å². The van der Waals surface area contributed by atoms with Gasteiger partial charge in [0.25, 0.3) is 0 Å². The number of carbonyl (C=O) groups excluding carboxylic acids is 3. The molecule has 1 saturated heterocycles. The van der Waals surface area contributed by atoms with Crippen LogP contribution in [0.5, 0.6) is 0 Å². The minimum absolute atomic E-state index is 0.168. The van der Waals surface area contributed by atoms with Crippen molar-refractivity contribution in [3.8, 4) is 0 Å². The summed E-state index contributed by atoms with van der Waals surface area (Å²) in [5.74, 6) is -2.03. The average molecular weight is 158 g/mol. The Morgan fingerprint density at radius 3 is 2.64 bits per heavy atom. The number of cyclic esters (lactones) is 2. The van der Waals surface area contributed by atoms with Crippen LogP contribution in [0.15, 0.2) is 0 Å². The van der Waals surface area contributed by atoms with E-state index in [2.05, 4.69) is 9.47 Å². The van der Waals surface area contributed by atoms with Crippen molar-refractivity contribution in [3.63, 3.8) is 0 Å². The Balaban J connectivity index is 2.53. The molecule has 1 atom stereocenters. The Labute approximate surface area is 62.3 Å². The number of carbonyl (C=O) groups is 3. The van der Waals surface area contributed by atoms with Crippen LogP contribution in [0, 0.1) is 0 Å². The normalized spacial score (nSPS) is 23.2. The van der Waals surface area contributed by atoms with Crippen LogP contribution in [0.2, 0.25) is 0 Å². The molecule has 60 valence electrons. The van der Waals surface area contributed by atoms with Gasteiger partial charge in [-0.1, -0.05) is 0 Å². The Morgan fingerprint density at radius 2 is 2.27 bits per heavy atom. The lowest BCUT2D eigenvalue weighted by atomic mass is 10.3. The number of esters is 3. The molecule has 0 unspecified atom stereocenters. The van der Waals surface area contributed by atoms with E-state index in [4.69, 9.17) is 0 Å². The quantitative estimate of drug-likeness (QED) is 0.376. The van der Waals surface area contributed by atoms with Crippen molar-refractivity contribution in [2.75, 3.05) is 0 Å². The third-order valence-corrected chi connectivity index (χ3v) is 1.14. The lowest BCUT2D eigenvalue weighted by molar-refractivity contribution is -0.161. The lowest BCUT2D eigenvalue weighted by Crippen LogP contribution is -2.20. The predicted octanol–water partition coefficient (Wildman–Crippen LogP) is -0.608. The van der Waals surface area contributed by atoms with Gasteiger partial charge in [-0.3, -0.25) is 9.59 Å². The minimum atomic E-state index is -1.03. The molecular formula is C6H6O5. The fraction of sp³-hybridized carbons (Fsp3) is 0.500. The highest BCUT2D eigenvalue weighted by atomic mass is 16.6. The molecule has 1 aliphatic heterocycles. The fourth-order valence-electron chi connectivity index (χ4n) is 0.744. The van der Waals surface area contributed by atoms with Crippen LogP contribution in [0.4, 0.5) is 0 Å². The Morgan fingerprint density at radius 1 is 1.64 bits per heavy atom. The molecule has 0 N–H and O–H groups in total. The summed E-state index contributed by atoms with van der Waals surface area (Å²) in [6.45, 7) is 1.16. The van der Waals surface area contributed by atoms with Gasteiger partial charge in [0.15, 0.2) is 0 Å². The number of hydrogen-bond donors (Lipinski definition) is 0. The Kier molecular flexibility index (Phi) is 1.89. The molecule has 0 radical (unpaired) electrons. The van der Waals surface area contributed by atoms with E-state index in [0.29, 0.717) is 0 Å². The molecule has 1 aliphatic rings. The van der Waals surface area contributed by atoms with Crippen LogP contribution in [-0.2, 0) is 23.9 Å². The topological polar surface area (TPSA) is 69.7 Å². The summed E-state index contributed by atoms with van der Waals surface area (Å²) in [5, 5.41) is 0. The molecule has 1 fully saturated rings. The van der Waals surface area contributed by atoms with Crippen LogP contribution in [-0.4, -0.2) is 24.0 Å². The molecule has 0 aliphatic carbocycles. The maximum atomic E-state index is 10.6. The third-order valence-electron chi connectivity index (χ3n) is 1.14. The molecule has 5 nitrogen and oxygen atoms in total.